The lowest BCUT2D eigenvalue weighted by atomic mass is 9.96. The van der Waals surface area contributed by atoms with Gasteiger partial charge in [-0.3, -0.25) is 4.98 Å². The van der Waals surface area contributed by atoms with Crippen LogP contribution in [0.15, 0.2) is 146 Å². The topological polar surface area (TPSA) is 25.8 Å². The average Bonchev–Trinajstić information content (AvgIpc) is 3.46. The Bertz CT molecular complexity index is 2490. The van der Waals surface area contributed by atoms with Gasteiger partial charge in [-0.05, 0) is 63.4 Å². The lowest BCUT2D eigenvalue weighted by Crippen LogP contribution is -1.92. The van der Waals surface area contributed by atoms with E-state index in [9.17, 15) is 0 Å². The number of aromatic nitrogens is 2. The normalized spacial score (nSPS) is 11.7. The first-order chi connectivity index (χ1) is 21.3. The van der Waals surface area contributed by atoms with Gasteiger partial charge in [0.2, 0.25) is 0 Å². The largest absolute Gasteiger partial charge is 0.252 e. The van der Waals surface area contributed by atoms with Crippen molar-refractivity contribution < 1.29 is 0 Å². The monoisotopic (exact) mass is 564 g/mol. The van der Waals surface area contributed by atoms with Crippen LogP contribution in [0.25, 0.3) is 86.3 Å². The fourth-order valence-corrected chi connectivity index (χ4v) is 7.49. The maximum absolute atomic E-state index is 5.21. The Morgan fingerprint density at radius 3 is 1.63 bits per heavy atom. The molecule has 9 rings (SSSR count). The van der Waals surface area contributed by atoms with E-state index in [1.54, 1.807) is 0 Å². The van der Waals surface area contributed by atoms with Crippen LogP contribution in [0.3, 0.4) is 0 Å². The van der Waals surface area contributed by atoms with Gasteiger partial charge in [-0.25, -0.2) is 4.98 Å². The summed E-state index contributed by atoms with van der Waals surface area (Å²) in [7, 11) is 0. The Balaban J connectivity index is 1.14. The van der Waals surface area contributed by atoms with Crippen molar-refractivity contribution in [3.8, 4) is 33.5 Å². The molecule has 2 heterocycles. The van der Waals surface area contributed by atoms with E-state index in [4.69, 9.17) is 9.97 Å². The van der Waals surface area contributed by atoms with Crippen molar-refractivity contribution in [1.29, 1.82) is 0 Å². The van der Waals surface area contributed by atoms with Crippen molar-refractivity contribution in [2.45, 2.75) is 0 Å². The molecule has 200 valence electrons. The maximum atomic E-state index is 5.21. The molecule has 0 unspecified atom stereocenters. The third-order valence-corrected chi connectivity index (χ3v) is 9.64. The van der Waals surface area contributed by atoms with E-state index in [1.165, 1.54) is 47.6 Å². The average molecular weight is 565 g/mol. The SMILES string of the molecule is c1cc(-c2cccc(-c3cnc4c5ccccc5c5ccccc5c4n3)c2)cc(-c2ccc3sc4ccccc4c3c2)c1. The molecular formula is C40H24N2S. The number of benzene rings is 7. The Hall–Kier alpha value is -5.38. The van der Waals surface area contributed by atoms with Gasteiger partial charge in [0.25, 0.3) is 0 Å². The molecule has 43 heavy (non-hydrogen) atoms. The van der Waals surface area contributed by atoms with Crippen LogP contribution in [0.1, 0.15) is 0 Å². The zero-order valence-corrected chi connectivity index (χ0v) is 24.0. The number of hydrogen-bond donors (Lipinski definition) is 0. The quantitative estimate of drug-likeness (QED) is 0.199. The molecule has 0 bridgehead atoms. The molecule has 0 amide bonds. The second-order valence-electron chi connectivity index (χ2n) is 11.0. The molecule has 0 fully saturated rings. The molecule has 0 saturated heterocycles. The summed E-state index contributed by atoms with van der Waals surface area (Å²) in [6.07, 6.45) is 1.92. The van der Waals surface area contributed by atoms with Crippen molar-refractivity contribution in [3.05, 3.63) is 146 Å². The summed E-state index contributed by atoms with van der Waals surface area (Å²) in [6, 6.07) is 50.0. The van der Waals surface area contributed by atoms with Crippen LogP contribution in [0.4, 0.5) is 0 Å². The van der Waals surface area contributed by atoms with Crippen LogP contribution < -0.4 is 0 Å². The van der Waals surface area contributed by atoms with Gasteiger partial charge in [-0.2, -0.15) is 0 Å². The van der Waals surface area contributed by atoms with Crippen molar-refractivity contribution in [2.24, 2.45) is 0 Å². The van der Waals surface area contributed by atoms with Crippen molar-refractivity contribution in [2.75, 3.05) is 0 Å². The van der Waals surface area contributed by atoms with Crippen LogP contribution in [-0.2, 0) is 0 Å². The molecule has 2 aromatic heterocycles. The Labute approximate surface area is 252 Å². The first kappa shape index (κ1) is 24.2. The summed E-state index contributed by atoms with van der Waals surface area (Å²) in [6.45, 7) is 0. The third-order valence-electron chi connectivity index (χ3n) is 8.49. The van der Waals surface area contributed by atoms with Crippen LogP contribution in [-0.4, -0.2) is 9.97 Å². The molecule has 0 saturated carbocycles. The fraction of sp³-hybridized carbons (Fsp3) is 0. The van der Waals surface area contributed by atoms with E-state index in [0.29, 0.717) is 0 Å². The fourth-order valence-electron chi connectivity index (χ4n) is 6.40. The molecule has 3 heteroatoms. The first-order valence-electron chi connectivity index (χ1n) is 14.5. The second kappa shape index (κ2) is 9.59. The number of fused-ring (bicyclic) bond motifs is 9. The van der Waals surface area contributed by atoms with Crippen LogP contribution in [0.5, 0.6) is 0 Å². The Morgan fingerprint density at radius 2 is 0.907 bits per heavy atom. The van der Waals surface area contributed by atoms with Gasteiger partial charge < -0.3 is 0 Å². The highest BCUT2D eigenvalue weighted by atomic mass is 32.1. The zero-order chi connectivity index (χ0) is 28.3. The zero-order valence-electron chi connectivity index (χ0n) is 23.2. The lowest BCUT2D eigenvalue weighted by molar-refractivity contribution is 1.31. The van der Waals surface area contributed by atoms with E-state index >= 15 is 0 Å². The number of thiophene rings is 1. The summed E-state index contributed by atoms with van der Waals surface area (Å²) in [5.74, 6) is 0. The highest BCUT2D eigenvalue weighted by Crippen LogP contribution is 2.38. The van der Waals surface area contributed by atoms with Gasteiger partial charge >= 0.3 is 0 Å². The molecule has 0 aliphatic carbocycles. The van der Waals surface area contributed by atoms with Gasteiger partial charge in [0.15, 0.2) is 0 Å². The standard InChI is InChI=1S/C40H24N2S/c1-3-16-33-30(13-1)31-14-2-4-17-34(31)40-39(33)41-24-36(42-40)29-12-8-11-27(22-29)25-9-7-10-26(21-25)28-19-20-38-35(23-28)32-15-5-6-18-37(32)43-38/h1-24H. The lowest BCUT2D eigenvalue weighted by Gasteiger charge is -2.11. The Morgan fingerprint density at radius 1 is 0.372 bits per heavy atom. The molecule has 0 spiro atoms. The molecule has 0 radical (unpaired) electrons. The second-order valence-corrected chi connectivity index (χ2v) is 12.1. The smallest absolute Gasteiger partial charge is 0.0979 e. The predicted molar refractivity (Wildman–Crippen MR) is 184 cm³/mol. The van der Waals surface area contributed by atoms with E-state index in [2.05, 4.69) is 140 Å². The van der Waals surface area contributed by atoms with Crippen molar-refractivity contribution in [1.82, 2.24) is 9.97 Å². The van der Waals surface area contributed by atoms with Crippen molar-refractivity contribution >= 4 is 64.1 Å². The first-order valence-corrected chi connectivity index (χ1v) is 15.3. The molecule has 9 aromatic rings. The van der Waals surface area contributed by atoms with E-state index in [1.807, 2.05) is 17.5 Å². The molecule has 0 aliphatic heterocycles. The summed E-state index contributed by atoms with van der Waals surface area (Å²) in [5, 5.41) is 7.32. The molecule has 7 aromatic carbocycles. The minimum atomic E-state index is 0.876. The third kappa shape index (κ3) is 3.93. The molecule has 0 aliphatic rings. The summed E-state index contributed by atoms with van der Waals surface area (Å²) < 4.78 is 2.66. The number of nitrogens with zero attached hydrogens (tertiary/aromatic N) is 2. The number of rotatable bonds is 3. The summed E-state index contributed by atoms with van der Waals surface area (Å²) in [5.41, 5.74) is 8.60. The molecule has 0 N–H and O–H groups in total. The van der Waals surface area contributed by atoms with Crippen molar-refractivity contribution in [3.63, 3.8) is 0 Å². The molecular weight excluding hydrogens is 541 g/mol. The van der Waals surface area contributed by atoms with Crippen LogP contribution in [0.2, 0.25) is 0 Å². The minimum absolute atomic E-state index is 0.876. The highest BCUT2D eigenvalue weighted by Gasteiger charge is 2.13. The predicted octanol–water partition coefficient (Wildman–Crippen LogP) is 11.3. The summed E-state index contributed by atoms with van der Waals surface area (Å²) in [4.78, 5) is 10.2. The van der Waals surface area contributed by atoms with Gasteiger partial charge in [-0.15, -0.1) is 11.3 Å². The highest BCUT2D eigenvalue weighted by molar-refractivity contribution is 7.25. The van der Waals surface area contributed by atoms with E-state index in [0.717, 1.165) is 38.6 Å². The molecule has 2 nitrogen and oxygen atoms in total. The van der Waals surface area contributed by atoms with Crippen LogP contribution in [0, 0.1) is 0 Å². The van der Waals surface area contributed by atoms with E-state index < -0.39 is 0 Å². The van der Waals surface area contributed by atoms with Gasteiger partial charge in [0.05, 0.1) is 22.9 Å². The van der Waals surface area contributed by atoms with Gasteiger partial charge in [-0.1, -0.05) is 109 Å². The Kier molecular flexibility index (Phi) is 5.40. The van der Waals surface area contributed by atoms with Gasteiger partial charge in [0, 0.05) is 36.5 Å². The minimum Gasteiger partial charge on any atom is -0.252 e. The molecule has 0 atom stereocenters. The summed E-state index contributed by atoms with van der Waals surface area (Å²) >= 11 is 1.86. The van der Waals surface area contributed by atoms with Crippen LogP contribution >= 0.6 is 11.3 Å². The van der Waals surface area contributed by atoms with E-state index in [-0.39, 0.29) is 0 Å². The van der Waals surface area contributed by atoms with Gasteiger partial charge in [0.1, 0.15) is 0 Å². The maximum Gasteiger partial charge on any atom is 0.0979 e. The number of hydrogen-bond acceptors (Lipinski definition) is 3.